The van der Waals surface area contributed by atoms with Crippen LogP contribution in [0.1, 0.15) is 12.5 Å². The highest BCUT2D eigenvalue weighted by molar-refractivity contribution is 5.98. The SMILES string of the molecule is CCOc1ccc(NC(=O)C2COCC(=O)N2Cc2ccc(OC)cc2OC)cc1. The van der Waals surface area contributed by atoms with Gasteiger partial charge in [0.15, 0.2) is 0 Å². The van der Waals surface area contributed by atoms with E-state index in [0.29, 0.717) is 23.8 Å². The summed E-state index contributed by atoms with van der Waals surface area (Å²) in [6.07, 6.45) is 0. The lowest BCUT2D eigenvalue weighted by molar-refractivity contribution is -0.154. The number of methoxy groups -OCH3 is 2. The van der Waals surface area contributed by atoms with Gasteiger partial charge in [-0.05, 0) is 43.3 Å². The number of nitrogens with one attached hydrogen (secondary N) is 1. The Balaban J connectivity index is 1.75. The number of carbonyl (C=O) groups is 2. The molecule has 0 saturated carbocycles. The van der Waals surface area contributed by atoms with Gasteiger partial charge in [-0.2, -0.15) is 0 Å². The first-order valence-corrected chi connectivity index (χ1v) is 9.67. The van der Waals surface area contributed by atoms with Gasteiger partial charge >= 0.3 is 0 Å². The second kappa shape index (κ2) is 9.98. The summed E-state index contributed by atoms with van der Waals surface area (Å²) in [5.74, 6) is 1.37. The molecule has 0 aromatic heterocycles. The first kappa shape index (κ1) is 21.4. The van der Waals surface area contributed by atoms with Crippen LogP contribution in [0.25, 0.3) is 0 Å². The van der Waals surface area contributed by atoms with Crippen LogP contribution < -0.4 is 19.5 Å². The molecule has 1 atom stereocenters. The third-order valence-corrected chi connectivity index (χ3v) is 4.77. The van der Waals surface area contributed by atoms with Gasteiger partial charge in [0.25, 0.3) is 0 Å². The summed E-state index contributed by atoms with van der Waals surface area (Å²) < 4.78 is 21.4. The van der Waals surface area contributed by atoms with E-state index in [1.54, 1.807) is 50.6 Å². The summed E-state index contributed by atoms with van der Waals surface area (Å²) in [6.45, 7) is 2.74. The van der Waals surface area contributed by atoms with Crippen molar-refractivity contribution in [1.82, 2.24) is 4.90 Å². The zero-order valence-electron chi connectivity index (χ0n) is 17.3. The Bertz CT molecular complexity index is 884. The second-order valence-electron chi connectivity index (χ2n) is 6.68. The van der Waals surface area contributed by atoms with Crippen LogP contribution in [-0.2, 0) is 20.9 Å². The van der Waals surface area contributed by atoms with E-state index in [1.165, 1.54) is 4.90 Å². The molecule has 1 fully saturated rings. The van der Waals surface area contributed by atoms with Crippen molar-refractivity contribution in [2.45, 2.75) is 19.5 Å². The van der Waals surface area contributed by atoms with Gasteiger partial charge in [-0.25, -0.2) is 0 Å². The Hall–Kier alpha value is -3.26. The molecule has 1 aliphatic rings. The Morgan fingerprint density at radius 1 is 1.13 bits per heavy atom. The van der Waals surface area contributed by atoms with Crippen LogP contribution >= 0.6 is 0 Å². The number of hydrogen-bond donors (Lipinski definition) is 1. The average molecular weight is 414 g/mol. The Morgan fingerprint density at radius 3 is 2.53 bits per heavy atom. The quantitative estimate of drug-likeness (QED) is 0.714. The molecule has 2 aromatic carbocycles. The first-order chi connectivity index (χ1) is 14.5. The standard InChI is InChI=1S/C22H26N2O6/c1-4-30-17-9-6-16(7-10-17)23-22(26)19-13-29-14-21(25)24(19)12-15-5-8-18(27-2)11-20(15)28-3/h5-11,19H,4,12-14H2,1-3H3,(H,23,26). The third-order valence-electron chi connectivity index (χ3n) is 4.77. The van der Waals surface area contributed by atoms with E-state index in [4.69, 9.17) is 18.9 Å². The molecule has 1 heterocycles. The molecule has 1 saturated heterocycles. The van der Waals surface area contributed by atoms with Crippen molar-refractivity contribution < 1.29 is 28.5 Å². The minimum atomic E-state index is -0.760. The number of rotatable bonds is 8. The summed E-state index contributed by atoms with van der Waals surface area (Å²) in [7, 11) is 3.12. The van der Waals surface area contributed by atoms with E-state index in [9.17, 15) is 9.59 Å². The Kier molecular flexibility index (Phi) is 7.13. The molecule has 2 amide bonds. The highest BCUT2D eigenvalue weighted by atomic mass is 16.5. The van der Waals surface area contributed by atoms with Crippen LogP contribution in [0.3, 0.4) is 0 Å². The third kappa shape index (κ3) is 5.01. The number of ether oxygens (including phenoxy) is 4. The number of hydrogen-bond acceptors (Lipinski definition) is 6. The summed E-state index contributed by atoms with van der Waals surface area (Å²) in [5.41, 5.74) is 1.39. The first-order valence-electron chi connectivity index (χ1n) is 9.67. The predicted molar refractivity (Wildman–Crippen MR) is 111 cm³/mol. The molecule has 8 nitrogen and oxygen atoms in total. The Labute approximate surface area is 175 Å². The Morgan fingerprint density at radius 2 is 1.87 bits per heavy atom. The van der Waals surface area contributed by atoms with Gasteiger partial charge in [-0.3, -0.25) is 9.59 Å². The van der Waals surface area contributed by atoms with Gasteiger partial charge in [-0.15, -0.1) is 0 Å². The summed E-state index contributed by atoms with van der Waals surface area (Å²) in [5, 5.41) is 2.84. The topological polar surface area (TPSA) is 86.3 Å². The van der Waals surface area contributed by atoms with E-state index in [0.717, 1.165) is 11.3 Å². The minimum absolute atomic E-state index is 0.0642. The molecule has 3 rings (SSSR count). The number of amides is 2. The molecule has 0 radical (unpaired) electrons. The van der Waals surface area contributed by atoms with E-state index in [2.05, 4.69) is 5.32 Å². The maximum absolute atomic E-state index is 12.9. The molecule has 1 N–H and O–H groups in total. The number of benzene rings is 2. The van der Waals surface area contributed by atoms with Gasteiger partial charge in [-0.1, -0.05) is 0 Å². The number of nitrogens with zero attached hydrogens (tertiary/aromatic N) is 1. The molecular formula is C22H26N2O6. The molecule has 0 aliphatic carbocycles. The highest BCUT2D eigenvalue weighted by Gasteiger charge is 2.34. The van der Waals surface area contributed by atoms with Gasteiger partial charge < -0.3 is 29.2 Å². The van der Waals surface area contributed by atoms with Crippen LogP contribution in [0.4, 0.5) is 5.69 Å². The fraction of sp³-hybridized carbons (Fsp3) is 0.364. The second-order valence-corrected chi connectivity index (χ2v) is 6.68. The maximum Gasteiger partial charge on any atom is 0.249 e. The van der Waals surface area contributed by atoms with Crippen molar-refractivity contribution in [1.29, 1.82) is 0 Å². The monoisotopic (exact) mass is 414 g/mol. The largest absolute Gasteiger partial charge is 0.497 e. The van der Waals surface area contributed by atoms with Crippen molar-refractivity contribution in [2.24, 2.45) is 0 Å². The van der Waals surface area contributed by atoms with Gasteiger partial charge in [0, 0.05) is 17.3 Å². The summed E-state index contributed by atoms with van der Waals surface area (Å²) in [6, 6.07) is 11.7. The van der Waals surface area contributed by atoms with E-state index < -0.39 is 6.04 Å². The average Bonchev–Trinajstić information content (AvgIpc) is 2.76. The lowest BCUT2D eigenvalue weighted by Gasteiger charge is -2.34. The molecule has 1 unspecified atom stereocenters. The number of morpholine rings is 1. The van der Waals surface area contributed by atoms with Crippen molar-refractivity contribution in [3.8, 4) is 17.2 Å². The maximum atomic E-state index is 12.9. The van der Waals surface area contributed by atoms with Gasteiger partial charge in [0.1, 0.15) is 29.9 Å². The summed E-state index contributed by atoms with van der Waals surface area (Å²) in [4.78, 5) is 27.0. The molecular weight excluding hydrogens is 388 g/mol. The van der Waals surface area contributed by atoms with Crippen molar-refractivity contribution >= 4 is 17.5 Å². The van der Waals surface area contributed by atoms with Crippen LogP contribution in [-0.4, -0.2) is 56.8 Å². The van der Waals surface area contributed by atoms with E-state index in [-0.39, 0.29) is 31.6 Å². The van der Waals surface area contributed by atoms with Crippen molar-refractivity contribution in [3.05, 3.63) is 48.0 Å². The molecule has 30 heavy (non-hydrogen) atoms. The fourth-order valence-electron chi connectivity index (χ4n) is 3.21. The van der Waals surface area contributed by atoms with Crippen molar-refractivity contribution in [3.63, 3.8) is 0 Å². The van der Waals surface area contributed by atoms with Crippen LogP contribution in [0.15, 0.2) is 42.5 Å². The molecule has 0 spiro atoms. The van der Waals surface area contributed by atoms with Crippen LogP contribution in [0.2, 0.25) is 0 Å². The summed E-state index contributed by atoms with van der Waals surface area (Å²) >= 11 is 0. The van der Waals surface area contributed by atoms with Gasteiger partial charge in [0.2, 0.25) is 11.8 Å². The number of carbonyl (C=O) groups excluding carboxylic acids is 2. The zero-order valence-corrected chi connectivity index (χ0v) is 17.3. The minimum Gasteiger partial charge on any atom is -0.497 e. The normalized spacial score (nSPS) is 16.2. The fourth-order valence-corrected chi connectivity index (χ4v) is 3.21. The lowest BCUT2D eigenvalue weighted by Crippen LogP contribution is -2.54. The molecule has 160 valence electrons. The molecule has 8 heteroatoms. The molecule has 1 aliphatic heterocycles. The van der Waals surface area contributed by atoms with Gasteiger partial charge in [0.05, 0.1) is 34.0 Å². The number of anilines is 1. The lowest BCUT2D eigenvalue weighted by atomic mass is 10.1. The predicted octanol–water partition coefficient (Wildman–Crippen LogP) is 2.47. The molecule has 2 aromatic rings. The van der Waals surface area contributed by atoms with Crippen LogP contribution in [0, 0.1) is 0 Å². The molecule has 0 bridgehead atoms. The van der Waals surface area contributed by atoms with E-state index in [1.807, 2.05) is 13.0 Å². The zero-order chi connectivity index (χ0) is 21.5. The van der Waals surface area contributed by atoms with Crippen molar-refractivity contribution in [2.75, 3.05) is 39.4 Å². The van der Waals surface area contributed by atoms with Crippen LogP contribution in [0.5, 0.6) is 17.2 Å². The highest BCUT2D eigenvalue weighted by Crippen LogP contribution is 2.27. The smallest absolute Gasteiger partial charge is 0.249 e. The van der Waals surface area contributed by atoms with E-state index >= 15 is 0 Å².